The van der Waals surface area contributed by atoms with Crippen molar-refractivity contribution in [2.24, 2.45) is 0 Å². The van der Waals surface area contributed by atoms with Gasteiger partial charge in [-0.05, 0) is 38.2 Å². The van der Waals surface area contributed by atoms with Crippen LogP contribution in [0.2, 0.25) is 0 Å². The molecule has 2 heteroatoms. The minimum absolute atomic E-state index is 0.974. The van der Waals surface area contributed by atoms with Crippen molar-refractivity contribution in [1.82, 2.24) is 9.97 Å². The Balaban J connectivity index is 1.97. The molecule has 0 aliphatic carbocycles. The highest BCUT2D eigenvalue weighted by Crippen LogP contribution is 2.18. The van der Waals surface area contributed by atoms with Crippen LogP contribution in [0.25, 0.3) is 0 Å². The van der Waals surface area contributed by atoms with Gasteiger partial charge in [-0.2, -0.15) is 0 Å². The van der Waals surface area contributed by atoms with Crippen molar-refractivity contribution in [1.29, 1.82) is 0 Å². The number of unbranched alkanes of at least 4 members (excludes halogenated alkanes) is 41. The van der Waals surface area contributed by atoms with Gasteiger partial charge in [0, 0.05) is 17.8 Å². The second-order valence-corrected chi connectivity index (χ2v) is 18.4. The summed E-state index contributed by atoms with van der Waals surface area (Å²) in [5.74, 6) is 1.08. The van der Waals surface area contributed by atoms with E-state index in [-0.39, 0.29) is 0 Å². The summed E-state index contributed by atoms with van der Waals surface area (Å²) in [4.78, 5) is 9.98. The summed E-state index contributed by atoms with van der Waals surface area (Å²) in [5.41, 5.74) is 2.60. The van der Waals surface area contributed by atoms with Crippen molar-refractivity contribution in [3.05, 3.63) is 30.2 Å². The zero-order chi connectivity index (χ0) is 40.1. The molecule has 1 aromatic rings. The Morgan fingerprint density at radius 1 is 0.286 bits per heavy atom. The van der Waals surface area contributed by atoms with E-state index < -0.39 is 0 Å². The van der Waals surface area contributed by atoms with Gasteiger partial charge in [-0.3, -0.25) is 0 Å². The number of aryl methyl sites for hydroxylation is 3. The Morgan fingerprint density at radius 2 is 0.500 bits per heavy atom. The lowest BCUT2D eigenvalue weighted by atomic mass is 10.0. The fourth-order valence-electron chi connectivity index (χ4n) is 8.74. The standard InChI is InChI=1S/C54H103N2/c1-4-7-10-12-14-16-18-20-22-24-26-28-30-32-34-36-38-40-42-44-46-48-52-51-53(56-54(55-52)50-9-6-3)49-47-45-43-41-39-37-35-33-31-29-27-25-23-21-19-17-15-13-11-8-5-2/h51H,3-50H2,1-2H3. The molecule has 56 heavy (non-hydrogen) atoms. The molecular formula is C54H103N2. The molecule has 0 atom stereocenters. The fraction of sp³-hybridized carbons (Fsp3) is 0.907. The highest BCUT2D eigenvalue weighted by molar-refractivity contribution is 5.12. The van der Waals surface area contributed by atoms with E-state index in [4.69, 9.17) is 9.97 Å². The Kier molecular flexibility index (Phi) is 42.8. The zero-order valence-corrected chi connectivity index (χ0v) is 38.9. The van der Waals surface area contributed by atoms with Gasteiger partial charge in [0.25, 0.3) is 0 Å². The van der Waals surface area contributed by atoms with Gasteiger partial charge in [0.2, 0.25) is 0 Å². The summed E-state index contributed by atoms with van der Waals surface area (Å²) in [7, 11) is 0. The number of hydrogen-bond donors (Lipinski definition) is 0. The maximum Gasteiger partial charge on any atom is 0.128 e. The van der Waals surface area contributed by atoms with Gasteiger partial charge in [-0.1, -0.05) is 284 Å². The Morgan fingerprint density at radius 3 is 0.714 bits per heavy atom. The maximum absolute atomic E-state index is 4.99. The van der Waals surface area contributed by atoms with Crippen LogP contribution in [-0.4, -0.2) is 9.97 Å². The van der Waals surface area contributed by atoms with E-state index in [1.54, 1.807) is 0 Å². The largest absolute Gasteiger partial charge is 0.238 e. The highest BCUT2D eigenvalue weighted by Gasteiger charge is 2.06. The van der Waals surface area contributed by atoms with Crippen LogP contribution in [0.4, 0.5) is 0 Å². The second-order valence-electron chi connectivity index (χ2n) is 18.4. The first-order valence-electron chi connectivity index (χ1n) is 26.4. The molecule has 0 amide bonds. The molecule has 0 spiro atoms. The number of aromatic nitrogens is 2. The molecule has 1 rings (SSSR count). The summed E-state index contributed by atoms with van der Waals surface area (Å²) in [6.45, 7) is 8.68. The lowest BCUT2D eigenvalue weighted by Crippen LogP contribution is -2.04. The number of rotatable bonds is 47. The molecular weight excluding hydrogens is 677 g/mol. The van der Waals surface area contributed by atoms with Crippen LogP contribution in [0.3, 0.4) is 0 Å². The molecule has 1 heterocycles. The van der Waals surface area contributed by atoms with E-state index >= 15 is 0 Å². The predicted molar refractivity (Wildman–Crippen MR) is 253 cm³/mol. The topological polar surface area (TPSA) is 25.8 Å². The smallest absolute Gasteiger partial charge is 0.128 e. The van der Waals surface area contributed by atoms with Gasteiger partial charge in [-0.15, -0.1) is 0 Å². The minimum Gasteiger partial charge on any atom is -0.238 e. The van der Waals surface area contributed by atoms with Gasteiger partial charge in [0.15, 0.2) is 0 Å². The molecule has 0 fully saturated rings. The van der Waals surface area contributed by atoms with E-state index in [0.717, 1.165) is 37.9 Å². The summed E-state index contributed by atoms with van der Waals surface area (Å²) in [5, 5.41) is 0. The van der Waals surface area contributed by atoms with Gasteiger partial charge in [-0.25, -0.2) is 9.97 Å². The van der Waals surface area contributed by atoms with Crippen molar-refractivity contribution < 1.29 is 0 Å². The Hall–Kier alpha value is -0.920. The molecule has 2 nitrogen and oxygen atoms in total. The van der Waals surface area contributed by atoms with Crippen LogP contribution in [0.15, 0.2) is 6.07 Å². The van der Waals surface area contributed by atoms with Gasteiger partial charge in [0.05, 0.1) is 0 Å². The SMILES string of the molecule is [CH2]CCCc1nc(CCCCCCCCCCCCCCCCCCCCCCC)cc(CCCCCCCCCCCCCCCCCCCCCCC)n1. The zero-order valence-electron chi connectivity index (χ0n) is 38.9. The molecule has 0 saturated carbocycles. The number of hydrogen-bond acceptors (Lipinski definition) is 2. The second kappa shape index (κ2) is 45.2. The van der Waals surface area contributed by atoms with Crippen LogP contribution in [-0.2, 0) is 19.3 Å². The molecule has 0 aliphatic heterocycles. The molecule has 0 saturated heterocycles. The van der Waals surface area contributed by atoms with Crippen molar-refractivity contribution in [2.75, 3.05) is 0 Å². The lowest BCUT2D eigenvalue weighted by Gasteiger charge is -2.09. The van der Waals surface area contributed by atoms with E-state index in [1.165, 1.54) is 281 Å². The van der Waals surface area contributed by atoms with Crippen LogP contribution in [0.5, 0.6) is 0 Å². The first kappa shape index (κ1) is 53.1. The van der Waals surface area contributed by atoms with Crippen molar-refractivity contribution in [3.63, 3.8) is 0 Å². The average molecular weight is 780 g/mol. The van der Waals surface area contributed by atoms with Gasteiger partial charge < -0.3 is 0 Å². The van der Waals surface area contributed by atoms with E-state index in [1.807, 2.05) is 0 Å². The lowest BCUT2D eigenvalue weighted by molar-refractivity contribution is 0.520. The summed E-state index contributed by atoms with van der Waals surface area (Å²) in [6, 6.07) is 2.35. The van der Waals surface area contributed by atoms with Crippen LogP contribution < -0.4 is 0 Å². The quantitative estimate of drug-likeness (QED) is 0.0616. The predicted octanol–water partition coefficient (Wildman–Crippen LogP) is 19.1. The summed E-state index contributed by atoms with van der Waals surface area (Å²) < 4.78 is 0. The fourth-order valence-corrected chi connectivity index (χ4v) is 8.74. The average Bonchev–Trinajstić information content (AvgIpc) is 3.21. The Labute approximate surface area is 354 Å². The third-order valence-corrected chi connectivity index (χ3v) is 12.6. The van der Waals surface area contributed by atoms with Crippen molar-refractivity contribution in [3.8, 4) is 0 Å². The minimum atomic E-state index is 0.974. The van der Waals surface area contributed by atoms with Crippen molar-refractivity contribution in [2.45, 2.75) is 316 Å². The van der Waals surface area contributed by atoms with Crippen molar-refractivity contribution >= 4 is 0 Å². The third kappa shape index (κ3) is 38.6. The molecule has 0 aromatic carbocycles. The molecule has 0 aliphatic rings. The molecule has 0 unspecified atom stereocenters. The maximum atomic E-state index is 4.99. The Bertz CT molecular complexity index is 815. The number of nitrogens with zero attached hydrogens (tertiary/aromatic N) is 2. The summed E-state index contributed by atoms with van der Waals surface area (Å²) in [6.07, 6.45) is 65.8. The summed E-state index contributed by atoms with van der Waals surface area (Å²) >= 11 is 0. The molecule has 1 radical (unpaired) electrons. The van der Waals surface area contributed by atoms with E-state index in [0.29, 0.717) is 0 Å². The van der Waals surface area contributed by atoms with E-state index in [9.17, 15) is 0 Å². The molecule has 329 valence electrons. The third-order valence-electron chi connectivity index (χ3n) is 12.6. The van der Waals surface area contributed by atoms with E-state index in [2.05, 4.69) is 26.8 Å². The van der Waals surface area contributed by atoms with Crippen LogP contribution in [0, 0.1) is 6.92 Å². The normalized spacial score (nSPS) is 11.6. The highest BCUT2D eigenvalue weighted by atomic mass is 14.9. The monoisotopic (exact) mass is 780 g/mol. The van der Waals surface area contributed by atoms with Gasteiger partial charge in [0.1, 0.15) is 5.82 Å². The van der Waals surface area contributed by atoms with Crippen LogP contribution in [0.1, 0.15) is 314 Å². The van der Waals surface area contributed by atoms with Gasteiger partial charge >= 0.3 is 0 Å². The first-order valence-corrected chi connectivity index (χ1v) is 26.4. The first-order chi connectivity index (χ1) is 27.8. The van der Waals surface area contributed by atoms with Crippen LogP contribution >= 0.6 is 0 Å². The molecule has 0 N–H and O–H groups in total. The molecule has 1 aromatic heterocycles. The molecule has 0 bridgehead atoms.